The van der Waals surface area contributed by atoms with Crippen molar-refractivity contribution >= 4 is 23.5 Å². The topological polar surface area (TPSA) is 56.3 Å². The van der Waals surface area contributed by atoms with E-state index in [4.69, 9.17) is 4.74 Å². The predicted octanol–water partition coefficient (Wildman–Crippen LogP) is 3.46. The van der Waals surface area contributed by atoms with Gasteiger partial charge in [0, 0.05) is 11.8 Å². The molecular weight excluding hydrogens is 298 g/mol. The van der Waals surface area contributed by atoms with E-state index in [-0.39, 0.29) is 12.4 Å². The number of Topliss-reactive ketones (excluding diaryl/α,β-unsaturated/α-hetero) is 1. The van der Waals surface area contributed by atoms with Gasteiger partial charge in [0.15, 0.2) is 6.61 Å². The van der Waals surface area contributed by atoms with Gasteiger partial charge in [-0.2, -0.15) is 0 Å². The van der Waals surface area contributed by atoms with E-state index < -0.39 is 5.97 Å². The quantitative estimate of drug-likeness (QED) is 0.480. The zero-order valence-electron chi connectivity index (χ0n) is 12.8. The van der Waals surface area contributed by atoms with Crippen molar-refractivity contribution in [2.75, 3.05) is 12.9 Å². The molecule has 2 aromatic rings. The van der Waals surface area contributed by atoms with Gasteiger partial charge in [-0.05, 0) is 43.9 Å². The number of hydrogen-bond acceptors (Lipinski definition) is 5. The first kappa shape index (κ1) is 16.2. The molecule has 0 N–H and O–H groups in total. The molecule has 114 valence electrons. The van der Waals surface area contributed by atoms with Crippen molar-refractivity contribution < 1.29 is 14.3 Å². The average molecular weight is 315 g/mol. The first-order valence-electron chi connectivity index (χ1n) is 6.79. The predicted molar refractivity (Wildman–Crippen MR) is 86.5 cm³/mol. The summed E-state index contributed by atoms with van der Waals surface area (Å²) in [5, 5.41) is 0.590. The molecule has 0 spiro atoms. The minimum atomic E-state index is -0.531. The number of thioether (sulfide) groups is 1. The molecule has 0 fully saturated rings. The largest absolute Gasteiger partial charge is 0.454 e. The van der Waals surface area contributed by atoms with Crippen LogP contribution in [-0.2, 0) is 4.74 Å². The number of hydrogen-bond donors (Lipinski definition) is 0. The number of carbonyl (C=O) groups is 2. The number of aromatic nitrogens is 1. The summed E-state index contributed by atoms with van der Waals surface area (Å²) in [6.07, 6.45) is 3.45. The minimum absolute atomic E-state index is 0.204. The highest BCUT2D eigenvalue weighted by Crippen LogP contribution is 2.18. The third-order valence-corrected chi connectivity index (χ3v) is 3.92. The number of rotatable bonds is 5. The average Bonchev–Trinajstić information content (AvgIpc) is 2.54. The Kier molecular flexibility index (Phi) is 5.33. The number of nitrogens with zero attached hydrogens (tertiary/aromatic N) is 1. The van der Waals surface area contributed by atoms with Crippen molar-refractivity contribution in [3.8, 4) is 0 Å². The third-order valence-electron chi connectivity index (χ3n) is 3.21. The lowest BCUT2D eigenvalue weighted by Gasteiger charge is -2.08. The van der Waals surface area contributed by atoms with E-state index in [1.165, 1.54) is 11.8 Å². The molecule has 0 amide bonds. The van der Waals surface area contributed by atoms with Crippen LogP contribution in [0.5, 0.6) is 0 Å². The van der Waals surface area contributed by atoms with Gasteiger partial charge in [0.2, 0.25) is 5.78 Å². The van der Waals surface area contributed by atoms with Crippen LogP contribution in [0, 0.1) is 13.8 Å². The highest BCUT2D eigenvalue weighted by molar-refractivity contribution is 7.98. The lowest BCUT2D eigenvalue weighted by Crippen LogP contribution is -2.16. The van der Waals surface area contributed by atoms with Crippen LogP contribution in [0.2, 0.25) is 0 Å². The Labute approximate surface area is 133 Å². The molecule has 0 radical (unpaired) electrons. The van der Waals surface area contributed by atoms with Gasteiger partial charge in [0.25, 0.3) is 0 Å². The first-order chi connectivity index (χ1) is 10.5. The van der Waals surface area contributed by atoms with Crippen LogP contribution in [0.3, 0.4) is 0 Å². The van der Waals surface area contributed by atoms with Gasteiger partial charge in [-0.15, -0.1) is 11.8 Å². The number of esters is 1. The number of carbonyl (C=O) groups excluding carboxylic acids is 2. The Hall–Kier alpha value is -2.14. The Balaban J connectivity index is 2.08. The second-order valence-electron chi connectivity index (χ2n) is 4.88. The molecule has 0 unspecified atom stereocenters. The molecule has 1 heterocycles. The standard InChI is InChI=1S/C17H17NO3S/c1-11-6-7-12(2)14(9-11)15(19)10-21-17(20)13-5-4-8-18-16(13)22-3/h4-9H,10H2,1-3H3. The van der Waals surface area contributed by atoms with E-state index in [0.29, 0.717) is 16.2 Å². The van der Waals surface area contributed by atoms with E-state index in [1.54, 1.807) is 18.3 Å². The molecule has 0 bridgehead atoms. The summed E-state index contributed by atoms with van der Waals surface area (Å²) in [6.45, 7) is 3.51. The van der Waals surface area contributed by atoms with Crippen molar-refractivity contribution in [1.82, 2.24) is 4.98 Å². The number of pyridine rings is 1. The fourth-order valence-corrected chi connectivity index (χ4v) is 2.57. The molecule has 0 saturated heterocycles. The molecule has 4 nitrogen and oxygen atoms in total. The molecule has 5 heteroatoms. The summed E-state index contributed by atoms with van der Waals surface area (Å²) in [6, 6.07) is 8.95. The van der Waals surface area contributed by atoms with Crippen LogP contribution < -0.4 is 0 Å². The summed E-state index contributed by atoms with van der Waals surface area (Å²) < 4.78 is 5.14. The third kappa shape index (κ3) is 3.74. The Morgan fingerprint density at radius 1 is 1.18 bits per heavy atom. The van der Waals surface area contributed by atoms with Crippen molar-refractivity contribution in [3.63, 3.8) is 0 Å². The second kappa shape index (κ2) is 7.22. The van der Waals surface area contributed by atoms with Crippen molar-refractivity contribution in [2.45, 2.75) is 18.9 Å². The first-order valence-corrected chi connectivity index (χ1v) is 8.02. The molecule has 22 heavy (non-hydrogen) atoms. The zero-order valence-corrected chi connectivity index (χ0v) is 13.6. The number of aryl methyl sites for hydroxylation is 2. The van der Waals surface area contributed by atoms with Crippen LogP contribution in [-0.4, -0.2) is 29.6 Å². The fourth-order valence-electron chi connectivity index (χ4n) is 2.03. The van der Waals surface area contributed by atoms with E-state index in [1.807, 2.05) is 38.3 Å². The van der Waals surface area contributed by atoms with Gasteiger partial charge in [-0.25, -0.2) is 9.78 Å². The van der Waals surface area contributed by atoms with Crippen molar-refractivity contribution in [2.24, 2.45) is 0 Å². The van der Waals surface area contributed by atoms with Crippen LogP contribution in [0.4, 0.5) is 0 Å². The maximum absolute atomic E-state index is 12.2. The summed E-state index contributed by atoms with van der Waals surface area (Å²) in [7, 11) is 0. The van der Waals surface area contributed by atoms with Crippen molar-refractivity contribution in [1.29, 1.82) is 0 Å². The summed E-state index contributed by atoms with van der Waals surface area (Å²) >= 11 is 1.36. The van der Waals surface area contributed by atoms with Crippen LogP contribution in [0.25, 0.3) is 0 Å². The fraction of sp³-hybridized carbons (Fsp3) is 0.235. The monoisotopic (exact) mass is 315 g/mol. The molecule has 0 aliphatic rings. The molecule has 1 aromatic heterocycles. The molecule has 0 aliphatic heterocycles. The molecule has 0 saturated carbocycles. The number of ketones is 1. The Bertz CT molecular complexity index is 713. The van der Waals surface area contributed by atoms with Gasteiger partial charge in [-0.1, -0.05) is 17.7 Å². The molecular formula is C17H17NO3S. The van der Waals surface area contributed by atoms with Gasteiger partial charge in [-0.3, -0.25) is 4.79 Å². The molecule has 0 aliphatic carbocycles. The summed E-state index contributed by atoms with van der Waals surface area (Å²) in [4.78, 5) is 28.4. The van der Waals surface area contributed by atoms with Gasteiger partial charge >= 0.3 is 5.97 Å². The highest BCUT2D eigenvalue weighted by atomic mass is 32.2. The van der Waals surface area contributed by atoms with Crippen LogP contribution >= 0.6 is 11.8 Å². The maximum Gasteiger partial charge on any atom is 0.341 e. The van der Waals surface area contributed by atoms with E-state index >= 15 is 0 Å². The van der Waals surface area contributed by atoms with Gasteiger partial charge in [0.1, 0.15) is 5.03 Å². The Morgan fingerprint density at radius 2 is 1.95 bits per heavy atom. The minimum Gasteiger partial charge on any atom is -0.454 e. The molecule has 1 aromatic carbocycles. The number of ether oxygens (including phenoxy) is 1. The zero-order chi connectivity index (χ0) is 16.1. The number of benzene rings is 1. The lowest BCUT2D eigenvalue weighted by atomic mass is 10.0. The molecule has 0 atom stereocenters. The van der Waals surface area contributed by atoms with E-state index in [2.05, 4.69) is 4.98 Å². The van der Waals surface area contributed by atoms with Crippen molar-refractivity contribution in [3.05, 3.63) is 58.8 Å². The summed E-state index contributed by atoms with van der Waals surface area (Å²) in [5.74, 6) is -0.736. The maximum atomic E-state index is 12.2. The van der Waals surface area contributed by atoms with E-state index in [9.17, 15) is 9.59 Å². The van der Waals surface area contributed by atoms with Crippen LogP contribution in [0.15, 0.2) is 41.6 Å². The Morgan fingerprint density at radius 3 is 2.68 bits per heavy atom. The van der Waals surface area contributed by atoms with Gasteiger partial charge < -0.3 is 4.74 Å². The van der Waals surface area contributed by atoms with E-state index in [0.717, 1.165) is 11.1 Å². The lowest BCUT2D eigenvalue weighted by molar-refractivity contribution is 0.0470. The normalized spacial score (nSPS) is 10.3. The van der Waals surface area contributed by atoms with Gasteiger partial charge in [0.05, 0.1) is 5.56 Å². The SMILES string of the molecule is CSc1ncccc1C(=O)OCC(=O)c1cc(C)ccc1C. The highest BCUT2D eigenvalue weighted by Gasteiger charge is 2.16. The smallest absolute Gasteiger partial charge is 0.341 e. The molecule has 2 rings (SSSR count). The summed E-state index contributed by atoms with van der Waals surface area (Å²) in [5.41, 5.74) is 2.84. The van der Waals surface area contributed by atoms with Crippen LogP contribution in [0.1, 0.15) is 31.8 Å². The second-order valence-corrected chi connectivity index (χ2v) is 5.67.